The number of aryl methyl sites for hydroxylation is 2. The van der Waals surface area contributed by atoms with E-state index in [1.165, 1.54) is 11.1 Å². The van der Waals surface area contributed by atoms with E-state index in [0.29, 0.717) is 0 Å². The second-order valence-electron chi connectivity index (χ2n) is 8.74. The van der Waals surface area contributed by atoms with Crippen LogP contribution in [0.3, 0.4) is 0 Å². The van der Waals surface area contributed by atoms with Crippen LogP contribution in [0.2, 0.25) is 0 Å². The predicted molar refractivity (Wildman–Crippen MR) is 141 cm³/mol. The van der Waals surface area contributed by atoms with Crippen LogP contribution in [0.4, 0.5) is 11.4 Å². The van der Waals surface area contributed by atoms with Crippen molar-refractivity contribution in [3.63, 3.8) is 0 Å². The first-order chi connectivity index (χ1) is 16.6. The van der Waals surface area contributed by atoms with Gasteiger partial charge in [0.2, 0.25) is 16.7 Å². The zero-order valence-corrected chi connectivity index (χ0v) is 19.9. The summed E-state index contributed by atoms with van der Waals surface area (Å²) in [7, 11) is 1.98. The van der Waals surface area contributed by atoms with Gasteiger partial charge >= 0.3 is 0 Å². The number of anilines is 2. The Balaban J connectivity index is 1.68. The van der Waals surface area contributed by atoms with Gasteiger partial charge in [-0.2, -0.15) is 0 Å². The Hall–Kier alpha value is -3.96. The van der Waals surface area contributed by atoms with Gasteiger partial charge in [0.15, 0.2) is 0 Å². The van der Waals surface area contributed by atoms with Crippen LogP contribution < -0.4 is 20.9 Å². The van der Waals surface area contributed by atoms with E-state index in [4.69, 9.17) is 10.7 Å². The first-order valence-electron chi connectivity index (χ1n) is 11.6. The highest BCUT2D eigenvalue weighted by Crippen LogP contribution is 2.28. The van der Waals surface area contributed by atoms with Crippen LogP contribution in [0.1, 0.15) is 22.3 Å². The first kappa shape index (κ1) is 21.9. The highest BCUT2D eigenvalue weighted by molar-refractivity contribution is 5.88. The third kappa shape index (κ3) is 3.95. The topological polar surface area (TPSA) is 66.8 Å². The molecule has 4 aromatic carbocycles. The number of fused-ring (bicyclic) bond motifs is 2. The normalized spacial score (nSPS) is 11.3. The first-order valence-corrected chi connectivity index (χ1v) is 11.6. The molecule has 0 fully saturated rings. The summed E-state index contributed by atoms with van der Waals surface area (Å²) in [6.07, 6.45) is 0. The molecule has 0 radical (unpaired) electrons. The van der Waals surface area contributed by atoms with Gasteiger partial charge in [-0.15, -0.1) is 4.57 Å². The average molecular weight is 449 g/mol. The van der Waals surface area contributed by atoms with Crippen LogP contribution in [0.5, 0.6) is 0 Å². The van der Waals surface area contributed by atoms with Gasteiger partial charge in [0, 0.05) is 48.2 Å². The van der Waals surface area contributed by atoms with Gasteiger partial charge in [0.1, 0.15) is 11.0 Å². The molecular formula is C29H30N5+. The van der Waals surface area contributed by atoms with Crippen molar-refractivity contribution in [1.29, 1.82) is 0 Å². The van der Waals surface area contributed by atoms with Crippen molar-refractivity contribution in [1.82, 2.24) is 10.3 Å². The maximum absolute atomic E-state index is 6.34. The highest BCUT2D eigenvalue weighted by Gasteiger charge is 2.23. The molecule has 0 aliphatic carbocycles. The van der Waals surface area contributed by atoms with Crippen LogP contribution in [-0.4, -0.2) is 12.0 Å². The SMILES string of the molecule is CNCc1ccccc1CNc1ccc2nc3cc(C)c(N)cc3[n+](-c3ccccc3)c2c1C. The van der Waals surface area contributed by atoms with Crippen LogP contribution in [-0.2, 0) is 13.1 Å². The van der Waals surface area contributed by atoms with Crippen LogP contribution in [0.15, 0.2) is 78.9 Å². The second-order valence-corrected chi connectivity index (χ2v) is 8.74. The van der Waals surface area contributed by atoms with Crippen LogP contribution in [0, 0.1) is 13.8 Å². The molecule has 1 heterocycles. The molecule has 0 atom stereocenters. The fourth-order valence-corrected chi connectivity index (χ4v) is 4.59. The number of nitrogens with zero attached hydrogens (tertiary/aromatic N) is 2. The minimum absolute atomic E-state index is 0.753. The minimum atomic E-state index is 0.753. The van der Waals surface area contributed by atoms with Crippen molar-refractivity contribution in [2.75, 3.05) is 18.1 Å². The zero-order valence-electron chi connectivity index (χ0n) is 19.9. The molecule has 34 heavy (non-hydrogen) atoms. The average Bonchev–Trinajstić information content (AvgIpc) is 2.85. The fraction of sp³-hybridized carbons (Fsp3) is 0.172. The molecule has 4 N–H and O–H groups in total. The summed E-state index contributed by atoms with van der Waals surface area (Å²) in [6, 6.07) is 27.3. The zero-order chi connectivity index (χ0) is 23.7. The lowest BCUT2D eigenvalue weighted by Gasteiger charge is -2.14. The Labute approximate surface area is 200 Å². The number of nitrogens with one attached hydrogen (secondary N) is 2. The Morgan fingerprint density at radius 1 is 0.824 bits per heavy atom. The van der Waals surface area contributed by atoms with E-state index in [2.05, 4.69) is 88.9 Å². The number of hydrogen-bond donors (Lipinski definition) is 3. The molecule has 5 aromatic rings. The molecule has 0 aliphatic heterocycles. The van der Waals surface area contributed by atoms with E-state index in [1.54, 1.807) is 0 Å². The van der Waals surface area contributed by atoms with Gasteiger partial charge in [0.05, 0.1) is 0 Å². The van der Waals surface area contributed by atoms with E-state index in [0.717, 1.165) is 63.3 Å². The minimum Gasteiger partial charge on any atom is -0.398 e. The van der Waals surface area contributed by atoms with Gasteiger partial charge in [-0.25, -0.2) is 4.98 Å². The molecule has 0 unspecified atom stereocenters. The molecule has 5 nitrogen and oxygen atoms in total. The number of para-hydroxylation sites is 1. The maximum atomic E-state index is 6.34. The van der Waals surface area contributed by atoms with E-state index in [-0.39, 0.29) is 0 Å². The van der Waals surface area contributed by atoms with E-state index >= 15 is 0 Å². The predicted octanol–water partition coefficient (Wildman–Crippen LogP) is 5.20. The Bertz CT molecular complexity index is 1490. The molecule has 5 heteroatoms. The molecule has 0 saturated heterocycles. The summed E-state index contributed by atoms with van der Waals surface area (Å²) in [4.78, 5) is 5.01. The summed E-state index contributed by atoms with van der Waals surface area (Å²) in [6.45, 7) is 5.79. The smallest absolute Gasteiger partial charge is 0.242 e. The van der Waals surface area contributed by atoms with Crippen molar-refractivity contribution < 1.29 is 4.57 Å². The summed E-state index contributed by atoms with van der Waals surface area (Å²) in [5.74, 6) is 0. The molecule has 0 aliphatic rings. The van der Waals surface area contributed by atoms with Crippen molar-refractivity contribution in [3.8, 4) is 5.69 Å². The monoisotopic (exact) mass is 448 g/mol. The third-order valence-corrected chi connectivity index (χ3v) is 6.45. The van der Waals surface area contributed by atoms with Gasteiger partial charge in [-0.3, -0.25) is 0 Å². The maximum Gasteiger partial charge on any atom is 0.242 e. The quantitative estimate of drug-likeness (QED) is 0.190. The van der Waals surface area contributed by atoms with E-state index in [1.807, 2.05) is 26.1 Å². The standard InChI is InChI=1S/C29H29N5/c1-19-15-27-28(16-24(19)30)34(23-11-5-4-6-12-23)29-20(2)25(13-14-26(29)33-27)32-18-22-10-8-7-9-21(22)17-31-3/h4-16,31H,17-18H2,1-3H3,(H2,30,32)/p+1. The third-order valence-electron chi connectivity index (χ3n) is 6.45. The van der Waals surface area contributed by atoms with Crippen molar-refractivity contribution in [2.45, 2.75) is 26.9 Å². The van der Waals surface area contributed by atoms with Crippen LogP contribution in [0.25, 0.3) is 27.8 Å². The molecule has 170 valence electrons. The Morgan fingerprint density at radius 3 is 2.26 bits per heavy atom. The largest absolute Gasteiger partial charge is 0.398 e. The number of benzene rings is 4. The number of rotatable bonds is 6. The molecule has 0 saturated carbocycles. The van der Waals surface area contributed by atoms with Gasteiger partial charge < -0.3 is 16.4 Å². The van der Waals surface area contributed by atoms with Gasteiger partial charge in [-0.1, -0.05) is 42.5 Å². The molecule has 0 bridgehead atoms. The number of nitrogen functional groups attached to an aromatic ring is 1. The summed E-state index contributed by atoms with van der Waals surface area (Å²) >= 11 is 0. The number of aromatic nitrogens is 2. The lowest BCUT2D eigenvalue weighted by atomic mass is 10.1. The van der Waals surface area contributed by atoms with Gasteiger partial charge in [0.25, 0.3) is 0 Å². The van der Waals surface area contributed by atoms with E-state index < -0.39 is 0 Å². The Kier molecular flexibility index (Phi) is 5.86. The highest BCUT2D eigenvalue weighted by atomic mass is 15.0. The molecular weight excluding hydrogens is 418 g/mol. The van der Waals surface area contributed by atoms with Crippen LogP contribution >= 0.6 is 0 Å². The molecule has 1 aromatic heterocycles. The second kappa shape index (κ2) is 9.12. The lowest BCUT2D eigenvalue weighted by Crippen LogP contribution is -2.34. The molecule has 0 amide bonds. The number of hydrogen-bond acceptors (Lipinski definition) is 4. The summed E-state index contributed by atoms with van der Waals surface area (Å²) in [5.41, 5.74) is 18.0. The van der Waals surface area contributed by atoms with Crippen molar-refractivity contribution in [3.05, 3.63) is 101 Å². The van der Waals surface area contributed by atoms with Crippen molar-refractivity contribution in [2.24, 2.45) is 0 Å². The fourth-order valence-electron chi connectivity index (χ4n) is 4.59. The number of nitrogens with two attached hydrogens (primary N) is 1. The summed E-state index contributed by atoms with van der Waals surface area (Å²) in [5, 5.41) is 6.93. The van der Waals surface area contributed by atoms with Gasteiger partial charge in [-0.05, 0) is 55.8 Å². The Morgan fingerprint density at radius 2 is 1.53 bits per heavy atom. The lowest BCUT2D eigenvalue weighted by molar-refractivity contribution is -0.538. The van der Waals surface area contributed by atoms with E-state index in [9.17, 15) is 0 Å². The summed E-state index contributed by atoms with van der Waals surface area (Å²) < 4.78 is 2.28. The molecule has 5 rings (SSSR count). The van der Waals surface area contributed by atoms with Crippen molar-refractivity contribution >= 4 is 33.4 Å². The molecule has 0 spiro atoms.